The van der Waals surface area contributed by atoms with Gasteiger partial charge in [0.1, 0.15) is 12.4 Å². The molecule has 1 saturated carbocycles. The number of ketones is 1. The van der Waals surface area contributed by atoms with Gasteiger partial charge in [-0.2, -0.15) is 0 Å². The predicted molar refractivity (Wildman–Crippen MR) is 105 cm³/mol. The van der Waals surface area contributed by atoms with Crippen LogP contribution in [0.2, 0.25) is 0 Å². The maximum absolute atomic E-state index is 12.2. The largest absolute Gasteiger partial charge is 0.464 e. The van der Waals surface area contributed by atoms with Gasteiger partial charge in [0.05, 0.1) is 31.8 Å². The normalized spacial score (nSPS) is 27.4. The molecule has 4 atom stereocenters. The van der Waals surface area contributed by atoms with Gasteiger partial charge in [0.25, 0.3) is 0 Å². The van der Waals surface area contributed by atoms with Crippen LogP contribution in [0.5, 0.6) is 0 Å². The first-order valence-corrected chi connectivity index (χ1v) is 10.5. The van der Waals surface area contributed by atoms with Crippen molar-refractivity contribution in [3.8, 4) is 0 Å². The molecular formula is C21H35NO6. The van der Waals surface area contributed by atoms with Crippen molar-refractivity contribution in [1.82, 2.24) is 4.90 Å². The van der Waals surface area contributed by atoms with Crippen LogP contribution in [-0.4, -0.2) is 78.5 Å². The van der Waals surface area contributed by atoms with Gasteiger partial charge in [-0.3, -0.25) is 14.5 Å². The topological polar surface area (TPSA) is 96.3 Å². The molecule has 2 aliphatic rings. The van der Waals surface area contributed by atoms with Gasteiger partial charge in [0, 0.05) is 37.9 Å². The standard InChI is InChI=1S/C21H35NO6/c1-2-3-4-5-16(23)6-7-17-18(20(25)15-19(17)24)14-21(26)28-13-10-22-8-11-27-12-9-22/h6-7,16-19,23-24H,2-5,8-15H2,1H3/b7-6+/t16-,17-,18+,19+/m1/s1. The lowest BCUT2D eigenvalue weighted by Crippen LogP contribution is -2.38. The fourth-order valence-electron chi connectivity index (χ4n) is 3.80. The monoisotopic (exact) mass is 397 g/mol. The molecule has 1 aliphatic heterocycles. The molecule has 0 unspecified atom stereocenters. The van der Waals surface area contributed by atoms with Gasteiger partial charge in [-0.15, -0.1) is 0 Å². The Bertz CT molecular complexity index is 517. The third-order valence-electron chi connectivity index (χ3n) is 5.55. The van der Waals surface area contributed by atoms with Crippen LogP contribution >= 0.6 is 0 Å². The van der Waals surface area contributed by atoms with Crippen LogP contribution in [0, 0.1) is 11.8 Å². The number of aliphatic hydroxyl groups excluding tert-OH is 2. The summed E-state index contributed by atoms with van der Waals surface area (Å²) < 4.78 is 10.6. The Morgan fingerprint density at radius 3 is 2.82 bits per heavy atom. The lowest BCUT2D eigenvalue weighted by atomic mass is 9.90. The van der Waals surface area contributed by atoms with Crippen LogP contribution in [0.15, 0.2) is 12.2 Å². The van der Waals surface area contributed by atoms with Crippen molar-refractivity contribution in [3.63, 3.8) is 0 Å². The predicted octanol–water partition coefficient (Wildman–Crippen LogP) is 1.32. The maximum atomic E-state index is 12.2. The van der Waals surface area contributed by atoms with Crippen molar-refractivity contribution in [3.05, 3.63) is 12.2 Å². The number of unbranched alkanes of at least 4 members (excludes halogenated alkanes) is 2. The highest BCUT2D eigenvalue weighted by Gasteiger charge is 2.41. The number of aliphatic hydroxyl groups is 2. The smallest absolute Gasteiger partial charge is 0.306 e. The molecule has 160 valence electrons. The van der Waals surface area contributed by atoms with Crippen molar-refractivity contribution < 1.29 is 29.3 Å². The minimum absolute atomic E-state index is 0.0278. The second-order valence-corrected chi connectivity index (χ2v) is 7.75. The van der Waals surface area contributed by atoms with Crippen molar-refractivity contribution in [1.29, 1.82) is 0 Å². The summed E-state index contributed by atoms with van der Waals surface area (Å²) in [5.41, 5.74) is 0. The van der Waals surface area contributed by atoms with Gasteiger partial charge in [0.15, 0.2) is 0 Å². The molecule has 2 N–H and O–H groups in total. The molecule has 0 aromatic carbocycles. The summed E-state index contributed by atoms with van der Waals surface area (Å²) in [7, 11) is 0. The molecule has 0 spiro atoms. The third kappa shape index (κ3) is 7.62. The zero-order chi connectivity index (χ0) is 20.4. The van der Waals surface area contributed by atoms with E-state index in [4.69, 9.17) is 9.47 Å². The molecular weight excluding hydrogens is 362 g/mol. The van der Waals surface area contributed by atoms with Crippen LogP contribution in [-0.2, 0) is 19.1 Å². The first kappa shape index (κ1) is 23.0. The van der Waals surface area contributed by atoms with E-state index in [9.17, 15) is 19.8 Å². The number of morpholine rings is 1. The molecule has 0 bridgehead atoms. The molecule has 2 fully saturated rings. The SMILES string of the molecule is CCCCC[C@@H](O)/C=C/[C@@H]1[C@H](CC(=O)OCCN2CCOCC2)C(=O)C[C@@H]1O. The molecule has 1 heterocycles. The van der Waals surface area contributed by atoms with Gasteiger partial charge in [-0.25, -0.2) is 0 Å². The Morgan fingerprint density at radius 2 is 2.11 bits per heavy atom. The van der Waals surface area contributed by atoms with E-state index < -0.39 is 30.0 Å². The van der Waals surface area contributed by atoms with Crippen LogP contribution in [0.25, 0.3) is 0 Å². The molecule has 1 saturated heterocycles. The quantitative estimate of drug-likeness (QED) is 0.308. The highest BCUT2D eigenvalue weighted by Crippen LogP contribution is 2.33. The van der Waals surface area contributed by atoms with E-state index >= 15 is 0 Å². The first-order valence-electron chi connectivity index (χ1n) is 10.5. The molecule has 2 rings (SSSR count). The highest BCUT2D eigenvalue weighted by molar-refractivity contribution is 5.88. The maximum Gasteiger partial charge on any atom is 0.306 e. The molecule has 0 radical (unpaired) electrons. The summed E-state index contributed by atoms with van der Waals surface area (Å²) in [4.78, 5) is 26.6. The van der Waals surface area contributed by atoms with Gasteiger partial charge < -0.3 is 19.7 Å². The molecule has 1 aliphatic carbocycles. The summed E-state index contributed by atoms with van der Waals surface area (Å²) in [6.07, 6.45) is 5.73. The number of carbonyl (C=O) groups excluding carboxylic acids is 2. The fourth-order valence-corrected chi connectivity index (χ4v) is 3.80. The average Bonchev–Trinajstić information content (AvgIpc) is 2.94. The van der Waals surface area contributed by atoms with E-state index in [1.165, 1.54) is 0 Å². The number of rotatable bonds is 11. The van der Waals surface area contributed by atoms with E-state index in [1.807, 2.05) is 0 Å². The van der Waals surface area contributed by atoms with Crippen molar-refractivity contribution >= 4 is 11.8 Å². The lowest BCUT2D eigenvalue weighted by Gasteiger charge is -2.26. The molecule has 0 aromatic rings. The lowest BCUT2D eigenvalue weighted by molar-refractivity contribution is -0.147. The van der Waals surface area contributed by atoms with Gasteiger partial charge in [-0.05, 0) is 6.42 Å². The number of ether oxygens (including phenoxy) is 2. The third-order valence-corrected chi connectivity index (χ3v) is 5.55. The van der Waals surface area contributed by atoms with Crippen LogP contribution in [0.4, 0.5) is 0 Å². The molecule has 0 amide bonds. The second-order valence-electron chi connectivity index (χ2n) is 7.75. The highest BCUT2D eigenvalue weighted by atomic mass is 16.5. The second kappa shape index (κ2) is 12.3. The van der Waals surface area contributed by atoms with E-state index in [1.54, 1.807) is 12.2 Å². The molecule has 0 aromatic heterocycles. The molecule has 7 heteroatoms. The summed E-state index contributed by atoms with van der Waals surface area (Å²) in [5, 5.41) is 20.2. The first-order chi connectivity index (χ1) is 13.5. The summed E-state index contributed by atoms with van der Waals surface area (Å²) in [6, 6.07) is 0. The molecule has 7 nitrogen and oxygen atoms in total. The zero-order valence-corrected chi connectivity index (χ0v) is 16.9. The number of nitrogens with zero attached hydrogens (tertiary/aromatic N) is 1. The Labute approximate surface area is 167 Å². The minimum Gasteiger partial charge on any atom is -0.464 e. The van der Waals surface area contributed by atoms with Crippen molar-refractivity contribution in [2.45, 2.75) is 57.7 Å². The Hall–Kier alpha value is -1.28. The summed E-state index contributed by atoms with van der Waals surface area (Å²) >= 11 is 0. The zero-order valence-electron chi connectivity index (χ0n) is 16.9. The van der Waals surface area contributed by atoms with E-state index in [0.717, 1.165) is 32.4 Å². The minimum atomic E-state index is -0.808. The number of hydrogen-bond acceptors (Lipinski definition) is 7. The average molecular weight is 398 g/mol. The molecule has 28 heavy (non-hydrogen) atoms. The Morgan fingerprint density at radius 1 is 1.36 bits per heavy atom. The van der Waals surface area contributed by atoms with Gasteiger partial charge in [-0.1, -0.05) is 38.3 Å². The van der Waals surface area contributed by atoms with Crippen LogP contribution in [0.3, 0.4) is 0 Å². The summed E-state index contributed by atoms with van der Waals surface area (Å²) in [5.74, 6) is -1.56. The van der Waals surface area contributed by atoms with Crippen molar-refractivity contribution in [2.24, 2.45) is 11.8 Å². The van der Waals surface area contributed by atoms with E-state index in [2.05, 4.69) is 11.8 Å². The van der Waals surface area contributed by atoms with Gasteiger partial charge in [0.2, 0.25) is 0 Å². The summed E-state index contributed by atoms with van der Waals surface area (Å²) in [6.45, 7) is 6.11. The number of esters is 1. The fraction of sp³-hybridized carbons (Fsp3) is 0.810. The van der Waals surface area contributed by atoms with Crippen LogP contribution in [0.1, 0.15) is 45.4 Å². The van der Waals surface area contributed by atoms with E-state index in [-0.39, 0.29) is 18.6 Å². The van der Waals surface area contributed by atoms with Crippen molar-refractivity contribution in [2.75, 3.05) is 39.5 Å². The number of Topliss-reactive ketones (excluding diaryl/α,β-unsaturated/α-hetero) is 1. The number of hydrogen-bond donors (Lipinski definition) is 2. The van der Waals surface area contributed by atoms with Crippen LogP contribution < -0.4 is 0 Å². The Balaban J connectivity index is 1.78. The number of carbonyl (C=O) groups is 2. The van der Waals surface area contributed by atoms with E-state index in [0.29, 0.717) is 32.8 Å². The van der Waals surface area contributed by atoms with Gasteiger partial charge >= 0.3 is 5.97 Å². The Kier molecular flexibility index (Phi) is 10.1.